The van der Waals surface area contributed by atoms with E-state index < -0.39 is 5.97 Å². The number of nitriles is 1. The van der Waals surface area contributed by atoms with Crippen LogP contribution in [-0.4, -0.2) is 22.8 Å². The minimum absolute atomic E-state index is 0.110. The Balaban J connectivity index is 2.83. The normalized spacial score (nSPS) is 11.3. The molecule has 1 aromatic rings. The second-order valence-electron chi connectivity index (χ2n) is 3.52. The van der Waals surface area contributed by atoms with Crippen LogP contribution in [0.3, 0.4) is 0 Å². The van der Waals surface area contributed by atoms with Crippen molar-refractivity contribution in [2.24, 2.45) is 0 Å². The summed E-state index contributed by atoms with van der Waals surface area (Å²) in [4.78, 5) is 11.3. The summed E-state index contributed by atoms with van der Waals surface area (Å²) in [5.41, 5.74) is 0.508. The van der Waals surface area contributed by atoms with Gasteiger partial charge in [-0.25, -0.2) is 4.79 Å². The molecule has 0 amide bonds. The Morgan fingerprint density at radius 1 is 1.42 bits per heavy atom. The molecule has 0 atom stereocenters. The molecule has 19 heavy (non-hydrogen) atoms. The Bertz CT molecular complexity index is 567. The molecule has 0 fully saturated rings. The second-order valence-corrected chi connectivity index (χ2v) is 3.52. The van der Waals surface area contributed by atoms with Gasteiger partial charge in [0, 0.05) is 0 Å². The number of hydrogen-bond donors (Lipinski definition) is 2. The average Bonchev–Trinajstić information content (AvgIpc) is 2.39. The molecule has 5 heteroatoms. The van der Waals surface area contributed by atoms with Crippen LogP contribution in [0.1, 0.15) is 12.5 Å². The summed E-state index contributed by atoms with van der Waals surface area (Å²) in [7, 11) is 0. The first-order valence-electron chi connectivity index (χ1n) is 5.56. The molecule has 0 bridgehead atoms. The quantitative estimate of drug-likeness (QED) is 0.284. The smallest absolute Gasteiger partial charge is 0.348 e. The number of aromatic hydroxyl groups is 2. The van der Waals surface area contributed by atoms with Crippen molar-refractivity contribution in [1.82, 2.24) is 0 Å². The third kappa shape index (κ3) is 4.21. The fourth-order valence-corrected chi connectivity index (χ4v) is 1.26. The number of ether oxygens (including phenoxy) is 1. The van der Waals surface area contributed by atoms with Crippen molar-refractivity contribution >= 4 is 12.0 Å². The van der Waals surface area contributed by atoms with E-state index in [0.717, 1.165) is 0 Å². The zero-order valence-electron chi connectivity index (χ0n) is 10.3. The van der Waals surface area contributed by atoms with E-state index in [1.165, 1.54) is 24.3 Å². The van der Waals surface area contributed by atoms with Gasteiger partial charge in [0.2, 0.25) is 0 Å². The number of hydrogen-bond acceptors (Lipinski definition) is 5. The predicted molar refractivity (Wildman–Crippen MR) is 69.1 cm³/mol. The standard InChI is InChI=1S/C14H13NO4/c1-2-19-14(18)11(9-15)5-3-4-10-6-7-12(16)13(17)8-10/h3-8,16-17H,2H2,1H3/b4-3+,11-5+. The van der Waals surface area contributed by atoms with Gasteiger partial charge in [0.05, 0.1) is 6.61 Å². The van der Waals surface area contributed by atoms with E-state index in [2.05, 4.69) is 0 Å². The molecule has 1 aromatic carbocycles. The number of esters is 1. The van der Waals surface area contributed by atoms with Crippen LogP contribution < -0.4 is 0 Å². The molecule has 0 saturated carbocycles. The summed E-state index contributed by atoms with van der Waals surface area (Å²) in [5, 5.41) is 27.2. The maximum Gasteiger partial charge on any atom is 0.348 e. The lowest BCUT2D eigenvalue weighted by Gasteiger charge is -1.98. The first-order chi connectivity index (χ1) is 9.08. The van der Waals surface area contributed by atoms with Gasteiger partial charge < -0.3 is 14.9 Å². The molecule has 0 unspecified atom stereocenters. The monoisotopic (exact) mass is 259 g/mol. The highest BCUT2D eigenvalue weighted by molar-refractivity contribution is 5.93. The van der Waals surface area contributed by atoms with Gasteiger partial charge in [-0.2, -0.15) is 5.26 Å². The topological polar surface area (TPSA) is 90.6 Å². The Hall–Kier alpha value is -2.74. The van der Waals surface area contributed by atoms with Gasteiger partial charge in [-0.1, -0.05) is 18.2 Å². The van der Waals surface area contributed by atoms with Crippen LogP contribution >= 0.6 is 0 Å². The number of carbonyl (C=O) groups excluding carboxylic acids is 1. The minimum Gasteiger partial charge on any atom is -0.504 e. The van der Waals surface area contributed by atoms with Gasteiger partial charge in [0.25, 0.3) is 0 Å². The lowest BCUT2D eigenvalue weighted by Crippen LogP contribution is -2.05. The first-order valence-corrected chi connectivity index (χ1v) is 5.56. The molecule has 0 aliphatic rings. The summed E-state index contributed by atoms with van der Waals surface area (Å²) in [5.74, 6) is -1.13. The van der Waals surface area contributed by atoms with E-state index in [0.29, 0.717) is 5.56 Å². The molecule has 0 aliphatic carbocycles. The van der Waals surface area contributed by atoms with Crippen LogP contribution in [0, 0.1) is 11.3 Å². The average molecular weight is 259 g/mol. The lowest BCUT2D eigenvalue weighted by molar-refractivity contribution is -0.138. The summed E-state index contributed by atoms with van der Waals surface area (Å²) >= 11 is 0. The predicted octanol–water partition coefficient (Wildman–Crippen LogP) is 2.12. The van der Waals surface area contributed by atoms with E-state index >= 15 is 0 Å². The van der Waals surface area contributed by atoms with Crippen molar-refractivity contribution in [3.05, 3.63) is 41.5 Å². The molecule has 0 saturated heterocycles. The van der Waals surface area contributed by atoms with Gasteiger partial charge in [-0.05, 0) is 30.7 Å². The Labute approximate surface area is 110 Å². The number of carbonyl (C=O) groups is 1. The van der Waals surface area contributed by atoms with Crippen molar-refractivity contribution < 1.29 is 19.7 Å². The molecular weight excluding hydrogens is 246 g/mol. The number of allylic oxidation sites excluding steroid dienone is 2. The summed E-state index contributed by atoms with van der Waals surface area (Å²) in [6, 6.07) is 6.02. The van der Waals surface area contributed by atoms with Crippen LogP contribution in [-0.2, 0) is 9.53 Å². The highest BCUT2D eigenvalue weighted by atomic mass is 16.5. The van der Waals surface area contributed by atoms with Gasteiger partial charge in [0.15, 0.2) is 11.5 Å². The number of phenols is 2. The third-order valence-corrected chi connectivity index (χ3v) is 2.17. The molecule has 0 spiro atoms. The summed E-state index contributed by atoms with van der Waals surface area (Å²) < 4.78 is 4.70. The van der Waals surface area contributed by atoms with Gasteiger partial charge >= 0.3 is 5.97 Å². The van der Waals surface area contributed by atoms with Crippen molar-refractivity contribution in [3.63, 3.8) is 0 Å². The van der Waals surface area contributed by atoms with Crippen molar-refractivity contribution in [3.8, 4) is 17.6 Å². The maximum atomic E-state index is 11.3. The number of phenolic OH excluding ortho intramolecular Hbond substituents is 2. The molecule has 0 aliphatic heterocycles. The number of benzene rings is 1. The van der Waals surface area contributed by atoms with E-state index in [1.807, 2.05) is 0 Å². The van der Waals surface area contributed by atoms with Crippen molar-refractivity contribution in [2.75, 3.05) is 6.61 Å². The van der Waals surface area contributed by atoms with Gasteiger partial charge in [-0.15, -0.1) is 0 Å². The molecule has 2 N–H and O–H groups in total. The highest BCUT2D eigenvalue weighted by Gasteiger charge is 2.07. The fraction of sp³-hybridized carbons (Fsp3) is 0.143. The summed E-state index contributed by atoms with van der Waals surface area (Å²) in [6.07, 6.45) is 4.39. The van der Waals surface area contributed by atoms with E-state index in [9.17, 15) is 9.90 Å². The Morgan fingerprint density at radius 2 is 2.16 bits per heavy atom. The zero-order valence-corrected chi connectivity index (χ0v) is 10.3. The molecule has 5 nitrogen and oxygen atoms in total. The summed E-state index contributed by atoms with van der Waals surface area (Å²) in [6.45, 7) is 1.86. The minimum atomic E-state index is -0.678. The third-order valence-electron chi connectivity index (χ3n) is 2.17. The molecular formula is C14H13NO4. The molecule has 1 rings (SSSR count). The second kappa shape index (κ2) is 6.87. The number of rotatable bonds is 4. The van der Waals surface area contributed by atoms with Crippen LogP contribution in [0.15, 0.2) is 35.9 Å². The molecule has 0 aromatic heterocycles. The SMILES string of the molecule is CCOC(=O)/C(C#N)=C/C=C/c1ccc(O)c(O)c1. The van der Waals surface area contributed by atoms with Crippen molar-refractivity contribution in [1.29, 1.82) is 5.26 Å². The molecule has 98 valence electrons. The lowest BCUT2D eigenvalue weighted by atomic mass is 10.1. The van der Waals surface area contributed by atoms with Gasteiger partial charge in [-0.3, -0.25) is 0 Å². The first kappa shape index (κ1) is 14.3. The molecule has 0 radical (unpaired) electrons. The highest BCUT2D eigenvalue weighted by Crippen LogP contribution is 2.25. The van der Waals surface area contributed by atoms with Crippen LogP contribution in [0.5, 0.6) is 11.5 Å². The largest absolute Gasteiger partial charge is 0.504 e. The van der Waals surface area contributed by atoms with Crippen LogP contribution in [0.25, 0.3) is 6.08 Å². The fourth-order valence-electron chi connectivity index (χ4n) is 1.26. The zero-order chi connectivity index (χ0) is 14.3. The van der Waals surface area contributed by atoms with E-state index in [-0.39, 0.29) is 23.7 Å². The van der Waals surface area contributed by atoms with E-state index in [4.69, 9.17) is 15.1 Å². The van der Waals surface area contributed by atoms with Crippen molar-refractivity contribution in [2.45, 2.75) is 6.92 Å². The van der Waals surface area contributed by atoms with E-state index in [1.54, 1.807) is 25.1 Å². The Morgan fingerprint density at radius 3 is 2.74 bits per heavy atom. The van der Waals surface area contributed by atoms with Gasteiger partial charge in [0.1, 0.15) is 11.6 Å². The van der Waals surface area contributed by atoms with Crippen LogP contribution in [0.2, 0.25) is 0 Å². The maximum absolute atomic E-state index is 11.3. The molecule has 0 heterocycles. The van der Waals surface area contributed by atoms with Crippen LogP contribution in [0.4, 0.5) is 0 Å². The Kier molecular flexibility index (Phi) is 5.17. The number of nitrogens with zero attached hydrogens (tertiary/aromatic N) is 1.